The molecule has 0 heterocycles. The summed E-state index contributed by atoms with van der Waals surface area (Å²) in [4.78, 5) is 14.0. The molecule has 1 aromatic rings. The van der Waals surface area contributed by atoms with Gasteiger partial charge in [0.2, 0.25) is 0 Å². The minimum atomic E-state index is -0.634. The van der Waals surface area contributed by atoms with Crippen molar-refractivity contribution in [3.63, 3.8) is 0 Å². The van der Waals surface area contributed by atoms with E-state index in [4.69, 9.17) is 4.74 Å². The average molecular weight is 328 g/mol. The summed E-state index contributed by atoms with van der Waals surface area (Å²) in [7, 11) is 1.94. The summed E-state index contributed by atoms with van der Waals surface area (Å²) in [6.07, 6.45) is 0. The molecule has 0 saturated heterocycles. The standard InChI is InChI=1S/C15H22BrNO2/c1-6-19-14(18)15(3,4)17(5)10-12-9-13(16)8-7-11(12)2/h7-9H,6,10H2,1-5H3. The molecule has 1 aromatic carbocycles. The number of hydrogen-bond donors (Lipinski definition) is 0. The van der Waals surface area contributed by atoms with Crippen molar-refractivity contribution in [1.29, 1.82) is 0 Å². The molecule has 0 amide bonds. The quantitative estimate of drug-likeness (QED) is 0.775. The van der Waals surface area contributed by atoms with Crippen LogP contribution in [0.15, 0.2) is 22.7 Å². The van der Waals surface area contributed by atoms with Gasteiger partial charge in [-0.3, -0.25) is 9.69 Å². The Bertz CT molecular complexity index is 457. The van der Waals surface area contributed by atoms with Gasteiger partial charge in [0.25, 0.3) is 0 Å². The lowest BCUT2D eigenvalue weighted by Crippen LogP contribution is -2.48. The maximum atomic E-state index is 12.0. The van der Waals surface area contributed by atoms with Gasteiger partial charge < -0.3 is 4.74 Å². The van der Waals surface area contributed by atoms with Crippen molar-refractivity contribution in [2.45, 2.75) is 39.8 Å². The Kier molecular flexibility index (Phi) is 5.56. The van der Waals surface area contributed by atoms with Crippen LogP contribution in [0.4, 0.5) is 0 Å². The van der Waals surface area contributed by atoms with Gasteiger partial charge in [-0.25, -0.2) is 0 Å². The number of esters is 1. The van der Waals surface area contributed by atoms with E-state index in [1.54, 1.807) is 0 Å². The van der Waals surface area contributed by atoms with E-state index in [-0.39, 0.29) is 5.97 Å². The summed E-state index contributed by atoms with van der Waals surface area (Å²) in [6, 6.07) is 6.19. The Labute approximate surface area is 124 Å². The molecule has 4 heteroatoms. The molecular weight excluding hydrogens is 306 g/mol. The normalized spacial score (nSPS) is 11.7. The number of hydrogen-bond acceptors (Lipinski definition) is 3. The number of rotatable bonds is 5. The molecule has 106 valence electrons. The van der Waals surface area contributed by atoms with Crippen molar-refractivity contribution < 1.29 is 9.53 Å². The van der Waals surface area contributed by atoms with Crippen LogP contribution < -0.4 is 0 Å². The average Bonchev–Trinajstić information content (AvgIpc) is 2.34. The molecule has 0 N–H and O–H groups in total. The molecule has 0 spiro atoms. The zero-order valence-corrected chi connectivity index (χ0v) is 13.9. The lowest BCUT2D eigenvalue weighted by molar-refractivity contribution is -0.155. The van der Waals surface area contributed by atoms with Gasteiger partial charge in [0.05, 0.1) is 6.61 Å². The van der Waals surface area contributed by atoms with Crippen molar-refractivity contribution in [2.75, 3.05) is 13.7 Å². The van der Waals surface area contributed by atoms with Crippen LogP contribution in [0.3, 0.4) is 0 Å². The maximum Gasteiger partial charge on any atom is 0.325 e. The van der Waals surface area contributed by atoms with Gasteiger partial charge in [-0.1, -0.05) is 22.0 Å². The van der Waals surface area contributed by atoms with Crippen molar-refractivity contribution in [3.8, 4) is 0 Å². The van der Waals surface area contributed by atoms with Gasteiger partial charge in [0.1, 0.15) is 5.54 Å². The van der Waals surface area contributed by atoms with Gasteiger partial charge >= 0.3 is 5.97 Å². The van der Waals surface area contributed by atoms with E-state index in [0.29, 0.717) is 13.2 Å². The second-order valence-corrected chi connectivity index (χ2v) is 6.12. The SMILES string of the molecule is CCOC(=O)C(C)(C)N(C)Cc1cc(Br)ccc1C. The highest BCUT2D eigenvalue weighted by Crippen LogP contribution is 2.22. The number of benzene rings is 1. The van der Waals surface area contributed by atoms with E-state index in [2.05, 4.69) is 35.0 Å². The first-order chi connectivity index (χ1) is 8.78. The van der Waals surface area contributed by atoms with Crippen LogP contribution in [0, 0.1) is 6.92 Å². The fraction of sp³-hybridized carbons (Fsp3) is 0.533. The molecule has 0 aliphatic heterocycles. The van der Waals surface area contributed by atoms with Crippen molar-refractivity contribution >= 4 is 21.9 Å². The molecule has 0 aromatic heterocycles. The second-order valence-electron chi connectivity index (χ2n) is 5.21. The van der Waals surface area contributed by atoms with E-state index in [0.717, 1.165) is 4.47 Å². The number of halogens is 1. The van der Waals surface area contributed by atoms with Crippen LogP contribution >= 0.6 is 15.9 Å². The largest absolute Gasteiger partial charge is 0.465 e. The van der Waals surface area contributed by atoms with Gasteiger partial charge in [0, 0.05) is 11.0 Å². The highest BCUT2D eigenvalue weighted by Gasteiger charge is 2.33. The molecule has 0 unspecified atom stereocenters. The van der Waals surface area contributed by atoms with Gasteiger partial charge in [-0.05, 0) is 58.0 Å². The minimum absolute atomic E-state index is 0.190. The number of nitrogens with zero attached hydrogens (tertiary/aromatic N) is 1. The Hall–Kier alpha value is -0.870. The first-order valence-corrected chi connectivity index (χ1v) is 7.21. The second kappa shape index (κ2) is 6.53. The lowest BCUT2D eigenvalue weighted by atomic mass is 10.0. The third-order valence-electron chi connectivity index (χ3n) is 3.45. The van der Waals surface area contributed by atoms with E-state index in [1.807, 2.05) is 38.8 Å². The first kappa shape index (κ1) is 16.2. The van der Waals surface area contributed by atoms with E-state index in [9.17, 15) is 4.79 Å². The molecule has 1 rings (SSSR count). The summed E-state index contributed by atoms with van der Waals surface area (Å²) in [5, 5.41) is 0. The van der Waals surface area contributed by atoms with Crippen molar-refractivity contribution in [3.05, 3.63) is 33.8 Å². The van der Waals surface area contributed by atoms with Gasteiger partial charge in [0.15, 0.2) is 0 Å². The van der Waals surface area contributed by atoms with E-state index < -0.39 is 5.54 Å². The Morgan fingerprint density at radius 1 is 1.42 bits per heavy atom. The number of likely N-dealkylation sites (N-methyl/N-ethyl adjacent to an activating group) is 1. The molecule has 0 fully saturated rings. The third kappa shape index (κ3) is 4.05. The van der Waals surface area contributed by atoms with E-state index in [1.165, 1.54) is 11.1 Å². The molecule has 0 bridgehead atoms. The Morgan fingerprint density at radius 3 is 2.63 bits per heavy atom. The Morgan fingerprint density at radius 2 is 2.05 bits per heavy atom. The number of carbonyl (C=O) groups is 1. The predicted octanol–water partition coefficient (Wildman–Crippen LogP) is 3.53. The number of ether oxygens (including phenoxy) is 1. The molecule has 19 heavy (non-hydrogen) atoms. The molecular formula is C15H22BrNO2. The van der Waals surface area contributed by atoms with Crippen LogP contribution in [0.1, 0.15) is 31.9 Å². The molecule has 0 saturated carbocycles. The van der Waals surface area contributed by atoms with E-state index >= 15 is 0 Å². The molecule has 0 atom stereocenters. The predicted molar refractivity (Wildman–Crippen MR) is 81.1 cm³/mol. The lowest BCUT2D eigenvalue weighted by Gasteiger charge is -2.33. The molecule has 0 radical (unpaired) electrons. The summed E-state index contributed by atoms with van der Waals surface area (Å²) in [5.74, 6) is -0.190. The monoisotopic (exact) mass is 327 g/mol. The third-order valence-corrected chi connectivity index (χ3v) is 3.94. The fourth-order valence-electron chi connectivity index (χ4n) is 1.73. The summed E-state index contributed by atoms with van der Waals surface area (Å²) >= 11 is 3.48. The van der Waals surface area contributed by atoms with Crippen LogP contribution in [0.2, 0.25) is 0 Å². The number of carbonyl (C=O) groups excluding carboxylic acids is 1. The highest BCUT2D eigenvalue weighted by atomic mass is 79.9. The summed E-state index contributed by atoms with van der Waals surface area (Å²) in [5.41, 5.74) is 1.79. The van der Waals surface area contributed by atoms with Crippen LogP contribution in [0.25, 0.3) is 0 Å². The topological polar surface area (TPSA) is 29.5 Å². The molecule has 0 aliphatic carbocycles. The van der Waals surface area contributed by atoms with Crippen molar-refractivity contribution in [1.82, 2.24) is 4.90 Å². The maximum absolute atomic E-state index is 12.0. The Balaban J connectivity index is 2.86. The zero-order chi connectivity index (χ0) is 14.6. The zero-order valence-electron chi connectivity index (χ0n) is 12.3. The van der Waals surface area contributed by atoms with Crippen LogP contribution in [-0.4, -0.2) is 30.1 Å². The first-order valence-electron chi connectivity index (χ1n) is 6.42. The summed E-state index contributed by atoms with van der Waals surface area (Å²) < 4.78 is 6.18. The van der Waals surface area contributed by atoms with Gasteiger partial charge in [-0.2, -0.15) is 0 Å². The molecule has 0 aliphatic rings. The summed E-state index contributed by atoms with van der Waals surface area (Å²) in [6.45, 7) is 8.79. The van der Waals surface area contributed by atoms with Crippen LogP contribution in [-0.2, 0) is 16.1 Å². The van der Waals surface area contributed by atoms with Gasteiger partial charge in [-0.15, -0.1) is 0 Å². The minimum Gasteiger partial charge on any atom is -0.465 e. The highest BCUT2D eigenvalue weighted by molar-refractivity contribution is 9.10. The van der Waals surface area contributed by atoms with Crippen molar-refractivity contribution in [2.24, 2.45) is 0 Å². The fourth-order valence-corrected chi connectivity index (χ4v) is 2.14. The number of aryl methyl sites for hydroxylation is 1. The molecule has 3 nitrogen and oxygen atoms in total. The smallest absolute Gasteiger partial charge is 0.325 e. The van der Waals surface area contributed by atoms with Crippen LogP contribution in [0.5, 0.6) is 0 Å².